The van der Waals surface area contributed by atoms with Gasteiger partial charge in [-0.1, -0.05) is 24.3 Å². The molecule has 0 radical (unpaired) electrons. The Hall–Kier alpha value is -3.03. The Balaban J connectivity index is 1.80. The quantitative estimate of drug-likeness (QED) is 0.820. The number of carbonyl (C=O) groups is 2. The second kappa shape index (κ2) is 8.14. The first kappa shape index (κ1) is 20.7. The lowest BCUT2D eigenvalue weighted by Gasteiger charge is -2.20. The van der Waals surface area contributed by atoms with Crippen LogP contribution in [0.1, 0.15) is 29.5 Å². The molecule has 1 N–H and O–H groups in total. The van der Waals surface area contributed by atoms with Gasteiger partial charge in [-0.15, -0.1) is 0 Å². The monoisotopic (exact) mass is 406 g/mol. The molecule has 0 aliphatic carbocycles. The van der Waals surface area contributed by atoms with Crippen molar-refractivity contribution in [2.24, 2.45) is 0 Å². The summed E-state index contributed by atoms with van der Waals surface area (Å²) in [6.07, 6.45) is -3.38. The number of likely N-dealkylation sites (N-methyl/N-ethyl adjacent to an activating group) is 1. The van der Waals surface area contributed by atoms with Gasteiger partial charge in [-0.3, -0.25) is 9.59 Å². The molecule has 0 aromatic heterocycles. The van der Waals surface area contributed by atoms with Crippen molar-refractivity contribution in [2.45, 2.75) is 31.5 Å². The van der Waals surface area contributed by atoms with Gasteiger partial charge in [0.1, 0.15) is 11.8 Å². The first-order valence-electron chi connectivity index (χ1n) is 9.08. The van der Waals surface area contributed by atoms with Gasteiger partial charge in [0.2, 0.25) is 11.8 Å². The van der Waals surface area contributed by atoms with Gasteiger partial charge < -0.3 is 15.0 Å². The van der Waals surface area contributed by atoms with Crippen molar-refractivity contribution in [1.29, 1.82) is 0 Å². The number of hydrogen-bond donors (Lipinski definition) is 1. The van der Waals surface area contributed by atoms with E-state index in [4.69, 9.17) is 4.74 Å². The van der Waals surface area contributed by atoms with Crippen LogP contribution < -0.4 is 10.1 Å². The molecule has 5 nitrogen and oxygen atoms in total. The number of anilines is 1. The largest absolute Gasteiger partial charge is 0.495 e. The zero-order valence-electron chi connectivity index (χ0n) is 16.0. The van der Waals surface area contributed by atoms with Crippen LogP contribution in [0.5, 0.6) is 5.75 Å². The maximum Gasteiger partial charge on any atom is 0.416 e. The van der Waals surface area contributed by atoms with E-state index < -0.39 is 17.8 Å². The van der Waals surface area contributed by atoms with Crippen LogP contribution in [0.25, 0.3) is 0 Å². The summed E-state index contributed by atoms with van der Waals surface area (Å²) in [7, 11) is 3.05. The molecule has 0 spiro atoms. The molecular weight excluding hydrogens is 385 g/mol. The molecule has 29 heavy (non-hydrogen) atoms. The van der Waals surface area contributed by atoms with Gasteiger partial charge in [0, 0.05) is 13.5 Å². The third kappa shape index (κ3) is 4.70. The zero-order valence-corrected chi connectivity index (χ0v) is 16.0. The predicted molar refractivity (Wildman–Crippen MR) is 102 cm³/mol. The smallest absolute Gasteiger partial charge is 0.416 e. The fraction of sp³-hybridized carbons (Fsp3) is 0.333. The Labute approximate surface area is 166 Å². The second-order valence-corrected chi connectivity index (χ2v) is 6.96. The predicted octanol–water partition coefficient (Wildman–Crippen LogP) is 3.86. The lowest BCUT2D eigenvalue weighted by molar-refractivity contribution is -0.137. The molecule has 1 atom stereocenters. The summed E-state index contributed by atoms with van der Waals surface area (Å²) >= 11 is 0. The van der Waals surface area contributed by atoms with E-state index in [0.717, 1.165) is 17.7 Å². The minimum absolute atomic E-state index is 0.0876. The first-order valence-corrected chi connectivity index (χ1v) is 9.08. The molecule has 1 heterocycles. The van der Waals surface area contributed by atoms with Crippen molar-refractivity contribution in [2.75, 3.05) is 19.5 Å². The normalized spacial score (nSPS) is 16.8. The van der Waals surface area contributed by atoms with E-state index in [1.165, 1.54) is 18.1 Å². The molecule has 1 saturated heterocycles. The van der Waals surface area contributed by atoms with Crippen LogP contribution in [-0.2, 0) is 22.2 Å². The molecule has 1 aliphatic heterocycles. The summed E-state index contributed by atoms with van der Waals surface area (Å²) in [6.45, 7) is 0. The number of amides is 2. The lowest BCUT2D eigenvalue weighted by Crippen LogP contribution is -2.38. The molecule has 0 bridgehead atoms. The third-order valence-corrected chi connectivity index (χ3v) is 4.98. The number of methoxy groups -OCH3 is 1. The fourth-order valence-electron chi connectivity index (χ4n) is 3.38. The van der Waals surface area contributed by atoms with Crippen molar-refractivity contribution in [3.63, 3.8) is 0 Å². The highest BCUT2D eigenvalue weighted by Crippen LogP contribution is 2.31. The standard InChI is InChI=1S/C21H21F3N2O3/c1-26-17(7-9-19(26)27)20(28)25-16-12-14(6-8-18(16)29-2)10-13-4-3-5-15(11-13)21(22,23)24/h3-6,8,11-12,17H,7,9-10H2,1-2H3,(H,25,28). The van der Waals surface area contributed by atoms with Crippen molar-refractivity contribution in [3.05, 3.63) is 59.2 Å². The number of rotatable bonds is 5. The van der Waals surface area contributed by atoms with Crippen LogP contribution in [0.15, 0.2) is 42.5 Å². The summed E-state index contributed by atoms with van der Waals surface area (Å²) in [5.74, 6) is 0.0152. The van der Waals surface area contributed by atoms with Crippen LogP contribution in [0.2, 0.25) is 0 Å². The molecule has 0 saturated carbocycles. The Bertz CT molecular complexity index is 928. The van der Waals surface area contributed by atoms with Gasteiger partial charge in [0.05, 0.1) is 18.4 Å². The highest BCUT2D eigenvalue weighted by atomic mass is 19.4. The van der Waals surface area contributed by atoms with Crippen LogP contribution in [-0.4, -0.2) is 36.9 Å². The Morgan fingerprint density at radius 2 is 1.93 bits per heavy atom. The number of likely N-dealkylation sites (tertiary alicyclic amines) is 1. The minimum Gasteiger partial charge on any atom is -0.495 e. The summed E-state index contributed by atoms with van der Waals surface area (Å²) in [5, 5.41) is 2.78. The topological polar surface area (TPSA) is 58.6 Å². The van der Waals surface area contributed by atoms with E-state index in [9.17, 15) is 22.8 Å². The van der Waals surface area contributed by atoms with E-state index in [0.29, 0.717) is 29.8 Å². The SMILES string of the molecule is COc1ccc(Cc2cccc(C(F)(F)F)c2)cc1NC(=O)C1CCC(=O)N1C. The Kier molecular flexibility index (Phi) is 5.81. The molecular formula is C21H21F3N2O3. The first-order chi connectivity index (χ1) is 13.7. The molecule has 1 unspecified atom stereocenters. The zero-order chi connectivity index (χ0) is 21.2. The van der Waals surface area contributed by atoms with Crippen LogP contribution in [0.3, 0.4) is 0 Å². The summed E-state index contributed by atoms with van der Waals surface area (Å²) < 4.78 is 44.1. The highest BCUT2D eigenvalue weighted by Gasteiger charge is 2.33. The van der Waals surface area contributed by atoms with E-state index in [1.807, 2.05) is 0 Å². The fourth-order valence-corrected chi connectivity index (χ4v) is 3.38. The molecule has 3 rings (SSSR count). The molecule has 2 aromatic rings. The second-order valence-electron chi connectivity index (χ2n) is 6.96. The highest BCUT2D eigenvalue weighted by molar-refractivity contribution is 5.99. The van der Waals surface area contributed by atoms with Gasteiger partial charge >= 0.3 is 6.18 Å². The van der Waals surface area contributed by atoms with E-state index in [-0.39, 0.29) is 18.2 Å². The summed E-state index contributed by atoms with van der Waals surface area (Å²) in [5.41, 5.74) is 0.931. The lowest BCUT2D eigenvalue weighted by atomic mass is 10.0. The van der Waals surface area contributed by atoms with Crippen LogP contribution in [0, 0.1) is 0 Å². The molecule has 2 aromatic carbocycles. The van der Waals surface area contributed by atoms with Gasteiger partial charge in [-0.2, -0.15) is 13.2 Å². The number of hydrogen-bond acceptors (Lipinski definition) is 3. The van der Waals surface area contributed by atoms with E-state index in [2.05, 4.69) is 5.32 Å². The third-order valence-electron chi connectivity index (χ3n) is 4.98. The Morgan fingerprint density at radius 3 is 2.55 bits per heavy atom. The van der Waals surface area contributed by atoms with E-state index >= 15 is 0 Å². The number of alkyl halides is 3. The average molecular weight is 406 g/mol. The van der Waals surface area contributed by atoms with Gasteiger partial charge in [-0.25, -0.2) is 0 Å². The summed E-state index contributed by atoms with van der Waals surface area (Å²) in [6, 6.07) is 9.65. The summed E-state index contributed by atoms with van der Waals surface area (Å²) in [4.78, 5) is 25.6. The maximum absolute atomic E-state index is 12.9. The van der Waals surface area contributed by atoms with Gasteiger partial charge in [0.25, 0.3) is 0 Å². The molecule has 1 aliphatic rings. The molecule has 2 amide bonds. The number of carbonyl (C=O) groups excluding carboxylic acids is 2. The molecule has 1 fully saturated rings. The van der Waals surface area contributed by atoms with Crippen LogP contribution in [0.4, 0.5) is 18.9 Å². The van der Waals surface area contributed by atoms with Crippen molar-refractivity contribution < 1.29 is 27.5 Å². The maximum atomic E-state index is 12.9. The molecule has 8 heteroatoms. The number of nitrogens with one attached hydrogen (secondary N) is 1. The number of halogens is 3. The van der Waals surface area contributed by atoms with Gasteiger partial charge in [-0.05, 0) is 42.2 Å². The van der Waals surface area contributed by atoms with Crippen molar-refractivity contribution >= 4 is 17.5 Å². The number of benzene rings is 2. The number of ether oxygens (including phenoxy) is 1. The van der Waals surface area contributed by atoms with Crippen LogP contribution >= 0.6 is 0 Å². The minimum atomic E-state index is -4.40. The Morgan fingerprint density at radius 1 is 1.21 bits per heavy atom. The number of nitrogens with zero attached hydrogens (tertiary/aromatic N) is 1. The van der Waals surface area contributed by atoms with Crippen molar-refractivity contribution in [3.8, 4) is 5.75 Å². The molecule has 154 valence electrons. The average Bonchev–Trinajstić information content (AvgIpc) is 3.00. The van der Waals surface area contributed by atoms with Crippen molar-refractivity contribution in [1.82, 2.24) is 4.90 Å². The van der Waals surface area contributed by atoms with E-state index in [1.54, 1.807) is 31.3 Å². The van der Waals surface area contributed by atoms with Gasteiger partial charge in [0.15, 0.2) is 0 Å².